The number of phenolic OH excluding ortho intramolecular Hbond substituents is 1. The van der Waals surface area contributed by atoms with Crippen LogP contribution in [0.5, 0.6) is 11.8 Å². The van der Waals surface area contributed by atoms with Gasteiger partial charge < -0.3 is 24.8 Å². The SMILES string of the molecule is C[C@@H](COc1nc(N2CC3CCC(C2)N3)c2cc(Cl)c(-c3cc(O)cc4ccccc34)c(F)c2n1)CN1C2CC3CC1C(C2)O3. The Kier molecular flexibility index (Phi) is 6.64. The highest BCUT2D eigenvalue weighted by Gasteiger charge is 2.53. The second kappa shape index (κ2) is 10.7. The Hall–Kier alpha value is -3.24. The van der Waals surface area contributed by atoms with Gasteiger partial charge in [-0.05, 0) is 66.6 Å². The lowest BCUT2D eigenvalue weighted by Gasteiger charge is -2.36. The van der Waals surface area contributed by atoms with Gasteiger partial charge in [0.15, 0.2) is 5.82 Å². The van der Waals surface area contributed by atoms with E-state index in [0.29, 0.717) is 59.7 Å². The zero-order valence-corrected chi connectivity index (χ0v) is 26.0. The van der Waals surface area contributed by atoms with E-state index in [2.05, 4.69) is 27.0 Å². The monoisotopic (exact) mass is 629 g/mol. The fraction of sp³-hybridized carbons (Fsp3) is 0.486. The Bertz CT molecular complexity index is 1810. The number of hydrogen-bond acceptors (Lipinski definition) is 8. The lowest BCUT2D eigenvalue weighted by molar-refractivity contribution is 0.00142. The summed E-state index contributed by atoms with van der Waals surface area (Å²) in [6.45, 7) is 5.11. The van der Waals surface area contributed by atoms with Crippen LogP contribution in [0.2, 0.25) is 5.02 Å². The summed E-state index contributed by atoms with van der Waals surface area (Å²) < 4.78 is 29.3. The minimum Gasteiger partial charge on any atom is -0.508 e. The van der Waals surface area contributed by atoms with Gasteiger partial charge in [0.25, 0.3) is 0 Å². The molecule has 1 aromatic heterocycles. The first-order chi connectivity index (χ1) is 21.9. The molecule has 6 aliphatic rings. The van der Waals surface area contributed by atoms with Crippen LogP contribution in [-0.4, -0.2) is 82.6 Å². The van der Waals surface area contributed by atoms with Crippen LogP contribution in [-0.2, 0) is 4.74 Å². The summed E-state index contributed by atoms with van der Waals surface area (Å²) in [5.41, 5.74) is 0.901. The molecule has 0 amide bonds. The minimum absolute atomic E-state index is 0.0443. The number of fused-ring (bicyclic) bond motifs is 4. The molecule has 8 nitrogen and oxygen atoms in total. The molecule has 6 fully saturated rings. The van der Waals surface area contributed by atoms with Crippen molar-refractivity contribution >= 4 is 39.1 Å². The molecule has 2 N–H and O–H groups in total. The minimum atomic E-state index is -0.545. The molecule has 0 saturated carbocycles. The van der Waals surface area contributed by atoms with E-state index in [0.717, 1.165) is 62.5 Å². The molecular weight excluding hydrogens is 593 g/mol. The number of nitrogens with one attached hydrogen (secondary N) is 1. The lowest BCUT2D eigenvalue weighted by Crippen LogP contribution is -2.51. The maximum atomic E-state index is 16.8. The average Bonchev–Trinajstić information content (AvgIpc) is 3.60. The van der Waals surface area contributed by atoms with Crippen molar-refractivity contribution in [2.45, 2.75) is 75.4 Å². The van der Waals surface area contributed by atoms with Crippen LogP contribution in [0.15, 0.2) is 42.5 Å². The van der Waals surface area contributed by atoms with Crippen LogP contribution in [0, 0.1) is 11.7 Å². The number of aromatic nitrogens is 2. The van der Waals surface area contributed by atoms with Gasteiger partial charge in [-0.2, -0.15) is 9.97 Å². The van der Waals surface area contributed by atoms with Crippen molar-refractivity contribution in [3.63, 3.8) is 0 Å². The molecule has 234 valence electrons. The molecule has 0 radical (unpaired) electrons. The number of halogens is 2. The Balaban J connectivity index is 1.09. The molecule has 7 heterocycles. The fourth-order valence-electron chi connectivity index (χ4n) is 8.84. The van der Waals surface area contributed by atoms with Crippen LogP contribution in [0.3, 0.4) is 0 Å². The van der Waals surface area contributed by atoms with Gasteiger partial charge in [-0.1, -0.05) is 42.8 Å². The zero-order valence-electron chi connectivity index (χ0n) is 25.3. The largest absolute Gasteiger partial charge is 0.508 e. The molecule has 10 heteroatoms. The Morgan fingerprint density at radius 3 is 2.73 bits per heavy atom. The number of nitrogens with zero attached hydrogens (tertiary/aromatic N) is 4. The highest BCUT2D eigenvalue weighted by molar-refractivity contribution is 6.35. The number of hydrogen-bond donors (Lipinski definition) is 2. The first kappa shape index (κ1) is 28.0. The van der Waals surface area contributed by atoms with Crippen molar-refractivity contribution in [1.29, 1.82) is 0 Å². The molecule has 6 bridgehead atoms. The van der Waals surface area contributed by atoms with Crippen molar-refractivity contribution in [2.75, 3.05) is 31.1 Å². The standard InChI is InChI=1S/C35H37ClFN5O3/c1-18(14-42-22-9-24-12-29(42)30(10-22)45-24)17-44-35-39-33-27(34(40-35)41-15-20-6-7-21(16-41)38-20)13-28(36)31(32(33)37)26-11-23(43)8-19-4-2-3-5-25(19)26/h2-5,8,11,13,18,20-22,24,29-30,38,43H,6-7,9-10,12,14-17H2,1H3/t18-,20?,21?,22?,24?,29?,30?/m1/s1. The number of anilines is 1. The zero-order chi connectivity index (χ0) is 30.4. The predicted octanol–water partition coefficient (Wildman–Crippen LogP) is 5.91. The normalized spacial score (nSPS) is 29.4. The summed E-state index contributed by atoms with van der Waals surface area (Å²) in [6.07, 6.45) is 6.45. The van der Waals surface area contributed by atoms with Gasteiger partial charge in [-0.3, -0.25) is 4.90 Å². The van der Waals surface area contributed by atoms with Crippen LogP contribution >= 0.6 is 11.6 Å². The third kappa shape index (κ3) is 4.73. The van der Waals surface area contributed by atoms with Crippen LogP contribution in [0.4, 0.5) is 10.2 Å². The van der Waals surface area contributed by atoms with E-state index >= 15 is 4.39 Å². The first-order valence-electron chi connectivity index (χ1n) is 16.3. The van der Waals surface area contributed by atoms with Crippen LogP contribution in [0.1, 0.15) is 39.0 Å². The smallest absolute Gasteiger partial charge is 0.319 e. The van der Waals surface area contributed by atoms with E-state index in [-0.39, 0.29) is 33.8 Å². The van der Waals surface area contributed by atoms with Gasteiger partial charge >= 0.3 is 6.01 Å². The highest BCUT2D eigenvalue weighted by Crippen LogP contribution is 2.46. The number of piperazine rings is 1. The Morgan fingerprint density at radius 1 is 1.09 bits per heavy atom. The molecule has 7 atom stereocenters. The number of rotatable bonds is 7. The third-order valence-corrected chi connectivity index (χ3v) is 11.0. The van der Waals surface area contributed by atoms with Crippen LogP contribution in [0.25, 0.3) is 32.8 Å². The second-order valence-corrected chi connectivity index (χ2v) is 14.3. The number of ether oxygens (including phenoxy) is 2. The topological polar surface area (TPSA) is 83.0 Å². The van der Waals surface area contributed by atoms with Crippen molar-refractivity contribution in [3.8, 4) is 22.9 Å². The third-order valence-electron chi connectivity index (χ3n) is 10.7. The number of benzene rings is 3. The van der Waals surface area contributed by atoms with Gasteiger partial charge in [0.2, 0.25) is 0 Å². The Labute approximate surface area is 266 Å². The molecule has 0 spiro atoms. The molecule has 6 unspecified atom stereocenters. The Morgan fingerprint density at radius 2 is 1.91 bits per heavy atom. The first-order valence-corrected chi connectivity index (χ1v) is 16.7. The summed E-state index contributed by atoms with van der Waals surface area (Å²) >= 11 is 6.90. The van der Waals surface area contributed by atoms with E-state index in [1.807, 2.05) is 24.3 Å². The van der Waals surface area contributed by atoms with E-state index in [9.17, 15) is 5.11 Å². The fourth-order valence-corrected chi connectivity index (χ4v) is 9.13. The van der Waals surface area contributed by atoms with Crippen molar-refractivity contribution in [3.05, 3.63) is 53.3 Å². The van der Waals surface area contributed by atoms with Crippen molar-refractivity contribution in [2.24, 2.45) is 5.92 Å². The maximum Gasteiger partial charge on any atom is 0.319 e. The molecule has 6 aliphatic heterocycles. The molecule has 10 rings (SSSR count). The number of phenols is 1. The van der Waals surface area contributed by atoms with E-state index < -0.39 is 5.82 Å². The van der Waals surface area contributed by atoms with Gasteiger partial charge in [0, 0.05) is 60.7 Å². The van der Waals surface area contributed by atoms with Crippen molar-refractivity contribution in [1.82, 2.24) is 20.2 Å². The van der Waals surface area contributed by atoms with Gasteiger partial charge in [0.1, 0.15) is 17.1 Å². The summed E-state index contributed by atoms with van der Waals surface area (Å²) in [5, 5.41) is 16.6. The highest BCUT2D eigenvalue weighted by atomic mass is 35.5. The van der Waals surface area contributed by atoms with Crippen molar-refractivity contribution < 1.29 is 19.0 Å². The van der Waals surface area contributed by atoms with Gasteiger partial charge in [0.05, 0.1) is 23.8 Å². The predicted molar refractivity (Wildman–Crippen MR) is 173 cm³/mol. The average molecular weight is 630 g/mol. The number of piperidine rings is 1. The molecule has 45 heavy (non-hydrogen) atoms. The van der Waals surface area contributed by atoms with E-state index in [1.165, 1.54) is 0 Å². The lowest BCUT2D eigenvalue weighted by atomic mass is 9.96. The maximum absolute atomic E-state index is 16.8. The molecule has 3 aromatic carbocycles. The summed E-state index contributed by atoms with van der Waals surface area (Å²) in [6, 6.07) is 14.6. The summed E-state index contributed by atoms with van der Waals surface area (Å²) in [7, 11) is 0. The molecule has 0 aliphatic carbocycles. The number of aromatic hydroxyl groups is 1. The van der Waals surface area contributed by atoms with E-state index in [4.69, 9.17) is 26.1 Å². The molecule has 4 aromatic rings. The second-order valence-electron chi connectivity index (χ2n) is 13.9. The quantitative estimate of drug-likeness (QED) is 0.261. The van der Waals surface area contributed by atoms with E-state index in [1.54, 1.807) is 18.2 Å². The summed E-state index contributed by atoms with van der Waals surface area (Å²) in [4.78, 5) is 14.5. The van der Waals surface area contributed by atoms with Gasteiger partial charge in [-0.15, -0.1) is 0 Å². The van der Waals surface area contributed by atoms with Crippen LogP contribution < -0.4 is 15.0 Å². The summed E-state index contributed by atoms with van der Waals surface area (Å²) in [5.74, 6) is 0.394. The van der Waals surface area contributed by atoms with Gasteiger partial charge in [-0.25, -0.2) is 4.39 Å². The molecular formula is C35H37ClFN5O3. The molecule has 6 saturated heterocycles.